The highest BCUT2D eigenvalue weighted by Gasteiger charge is 2.29. The number of benzene rings is 1. The lowest BCUT2D eigenvalue weighted by molar-refractivity contribution is -0.122. The molecule has 0 saturated carbocycles. The molecule has 5 heteroatoms. The van der Waals surface area contributed by atoms with Crippen molar-refractivity contribution < 1.29 is 9.90 Å². The van der Waals surface area contributed by atoms with Crippen LogP contribution in [-0.2, 0) is 17.8 Å². The van der Waals surface area contributed by atoms with Gasteiger partial charge in [-0.25, -0.2) is 0 Å². The summed E-state index contributed by atoms with van der Waals surface area (Å²) in [5.74, 6) is 0.132. The van der Waals surface area contributed by atoms with E-state index in [9.17, 15) is 9.90 Å². The van der Waals surface area contributed by atoms with Crippen LogP contribution >= 0.6 is 0 Å². The second-order valence-corrected chi connectivity index (χ2v) is 6.50. The summed E-state index contributed by atoms with van der Waals surface area (Å²) in [6.45, 7) is 2.72. The molecule has 3 N–H and O–H groups in total. The Morgan fingerprint density at radius 2 is 2.08 bits per heavy atom. The summed E-state index contributed by atoms with van der Waals surface area (Å²) in [6, 6.07) is 14.2. The number of piperidine rings is 1. The van der Waals surface area contributed by atoms with Gasteiger partial charge in [0.1, 0.15) is 0 Å². The highest BCUT2D eigenvalue weighted by molar-refractivity contribution is 5.78. The molecule has 24 heavy (non-hydrogen) atoms. The SMILES string of the molecule is O=C(Cc1ccc[nH]1)NC1CN(Cc2ccccc2)CCC1CO. The molecule has 1 fully saturated rings. The molecule has 3 rings (SSSR count). The van der Waals surface area contributed by atoms with Crippen molar-refractivity contribution in [3.63, 3.8) is 0 Å². The maximum absolute atomic E-state index is 12.3. The average Bonchev–Trinajstić information content (AvgIpc) is 3.09. The summed E-state index contributed by atoms with van der Waals surface area (Å²) in [6.07, 6.45) is 3.07. The second kappa shape index (κ2) is 8.13. The topological polar surface area (TPSA) is 68.4 Å². The fourth-order valence-electron chi connectivity index (χ4n) is 3.34. The third kappa shape index (κ3) is 4.46. The Labute approximate surface area is 142 Å². The van der Waals surface area contributed by atoms with Gasteiger partial charge in [-0.05, 0) is 30.7 Å². The van der Waals surface area contributed by atoms with Gasteiger partial charge >= 0.3 is 0 Å². The van der Waals surface area contributed by atoms with Crippen LogP contribution in [-0.4, -0.2) is 46.6 Å². The lowest BCUT2D eigenvalue weighted by atomic mass is 9.91. The Balaban J connectivity index is 1.57. The van der Waals surface area contributed by atoms with Crippen molar-refractivity contribution in [3.8, 4) is 0 Å². The second-order valence-electron chi connectivity index (χ2n) is 6.50. The molecule has 1 aliphatic rings. The van der Waals surface area contributed by atoms with Crippen LogP contribution in [0.2, 0.25) is 0 Å². The summed E-state index contributed by atoms with van der Waals surface area (Å²) in [7, 11) is 0. The third-order valence-electron chi connectivity index (χ3n) is 4.68. The number of nitrogens with zero attached hydrogens (tertiary/aromatic N) is 1. The predicted octanol–water partition coefficient (Wildman–Crippen LogP) is 1.56. The van der Waals surface area contributed by atoms with Crippen LogP contribution in [0.1, 0.15) is 17.7 Å². The Morgan fingerprint density at radius 3 is 2.79 bits per heavy atom. The van der Waals surface area contributed by atoms with Gasteiger partial charge in [-0.1, -0.05) is 30.3 Å². The number of rotatable bonds is 6. The van der Waals surface area contributed by atoms with Gasteiger partial charge in [-0.3, -0.25) is 9.69 Å². The molecule has 0 spiro atoms. The van der Waals surface area contributed by atoms with Crippen LogP contribution in [0.25, 0.3) is 0 Å². The monoisotopic (exact) mass is 327 g/mol. The van der Waals surface area contributed by atoms with Gasteiger partial charge in [0.2, 0.25) is 5.91 Å². The quantitative estimate of drug-likeness (QED) is 0.754. The van der Waals surface area contributed by atoms with Crippen molar-refractivity contribution >= 4 is 5.91 Å². The summed E-state index contributed by atoms with van der Waals surface area (Å²) < 4.78 is 0. The molecule has 1 aliphatic heterocycles. The zero-order valence-corrected chi connectivity index (χ0v) is 13.8. The summed E-state index contributed by atoms with van der Waals surface area (Å²) in [5.41, 5.74) is 2.18. The Bertz CT molecular complexity index is 627. The van der Waals surface area contributed by atoms with E-state index < -0.39 is 0 Å². The Kier molecular flexibility index (Phi) is 5.67. The van der Waals surface area contributed by atoms with Gasteiger partial charge in [0.15, 0.2) is 0 Å². The Hall–Kier alpha value is -2.11. The molecule has 2 heterocycles. The van der Waals surface area contributed by atoms with Crippen molar-refractivity contribution in [3.05, 3.63) is 59.9 Å². The number of H-pyrrole nitrogens is 1. The van der Waals surface area contributed by atoms with Crippen LogP contribution in [0.15, 0.2) is 48.7 Å². The van der Waals surface area contributed by atoms with E-state index in [2.05, 4.69) is 27.3 Å². The molecular formula is C19H25N3O2. The molecule has 1 aromatic carbocycles. The van der Waals surface area contributed by atoms with E-state index in [1.54, 1.807) is 0 Å². The number of aliphatic hydroxyl groups is 1. The van der Waals surface area contributed by atoms with Crippen LogP contribution < -0.4 is 5.32 Å². The molecule has 1 amide bonds. The largest absolute Gasteiger partial charge is 0.396 e. The van der Waals surface area contributed by atoms with E-state index in [0.29, 0.717) is 6.42 Å². The van der Waals surface area contributed by atoms with Crippen molar-refractivity contribution in [1.29, 1.82) is 0 Å². The molecule has 1 aromatic heterocycles. The van der Waals surface area contributed by atoms with Gasteiger partial charge < -0.3 is 15.4 Å². The first-order chi connectivity index (χ1) is 11.7. The van der Waals surface area contributed by atoms with Crippen molar-refractivity contribution in [2.75, 3.05) is 19.7 Å². The van der Waals surface area contributed by atoms with E-state index in [0.717, 1.165) is 31.7 Å². The first kappa shape index (κ1) is 16.7. The minimum absolute atomic E-state index is 0.00228. The number of nitrogens with one attached hydrogen (secondary N) is 2. The lowest BCUT2D eigenvalue weighted by Crippen LogP contribution is -2.53. The van der Waals surface area contributed by atoms with E-state index in [1.165, 1.54) is 5.56 Å². The zero-order chi connectivity index (χ0) is 16.8. The number of carbonyl (C=O) groups excluding carboxylic acids is 1. The normalized spacial score (nSPS) is 21.5. The first-order valence-electron chi connectivity index (χ1n) is 8.53. The van der Waals surface area contributed by atoms with Crippen LogP contribution in [0, 0.1) is 5.92 Å². The molecule has 2 unspecified atom stereocenters. The smallest absolute Gasteiger partial charge is 0.226 e. The van der Waals surface area contributed by atoms with Crippen molar-refractivity contribution in [2.24, 2.45) is 5.92 Å². The van der Waals surface area contributed by atoms with Gasteiger partial charge in [0.25, 0.3) is 0 Å². The van der Waals surface area contributed by atoms with Crippen LogP contribution in [0.5, 0.6) is 0 Å². The van der Waals surface area contributed by atoms with Gasteiger partial charge in [-0.15, -0.1) is 0 Å². The third-order valence-corrected chi connectivity index (χ3v) is 4.68. The maximum Gasteiger partial charge on any atom is 0.226 e. The number of hydrogen-bond acceptors (Lipinski definition) is 3. The molecule has 0 radical (unpaired) electrons. The molecule has 5 nitrogen and oxygen atoms in total. The minimum Gasteiger partial charge on any atom is -0.396 e. The van der Waals surface area contributed by atoms with Gasteiger partial charge in [0.05, 0.1) is 6.42 Å². The highest BCUT2D eigenvalue weighted by atomic mass is 16.3. The first-order valence-corrected chi connectivity index (χ1v) is 8.53. The van der Waals surface area contributed by atoms with Crippen molar-refractivity contribution in [2.45, 2.75) is 25.4 Å². The number of amides is 1. The number of aromatic amines is 1. The maximum atomic E-state index is 12.3. The fourth-order valence-corrected chi connectivity index (χ4v) is 3.34. The van der Waals surface area contributed by atoms with Crippen LogP contribution in [0.4, 0.5) is 0 Å². The summed E-state index contributed by atoms with van der Waals surface area (Å²) >= 11 is 0. The molecule has 128 valence electrons. The molecule has 0 bridgehead atoms. The van der Waals surface area contributed by atoms with Crippen molar-refractivity contribution in [1.82, 2.24) is 15.2 Å². The molecule has 1 saturated heterocycles. The van der Waals surface area contributed by atoms with E-state index >= 15 is 0 Å². The predicted molar refractivity (Wildman–Crippen MR) is 93.3 cm³/mol. The summed E-state index contributed by atoms with van der Waals surface area (Å²) in [4.78, 5) is 17.7. The van der Waals surface area contributed by atoms with E-state index in [4.69, 9.17) is 0 Å². The number of likely N-dealkylation sites (tertiary alicyclic amines) is 1. The minimum atomic E-state index is -0.00470. The Morgan fingerprint density at radius 1 is 1.25 bits per heavy atom. The lowest BCUT2D eigenvalue weighted by Gasteiger charge is -2.38. The molecule has 2 atom stereocenters. The zero-order valence-electron chi connectivity index (χ0n) is 13.8. The number of aromatic nitrogens is 1. The van der Waals surface area contributed by atoms with Crippen LogP contribution in [0.3, 0.4) is 0 Å². The van der Waals surface area contributed by atoms with E-state index in [-0.39, 0.29) is 24.5 Å². The number of aliphatic hydroxyl groups excluding tert-OH is 1. The van der Waals surface area contributed by atoms with Gasteiger partial charge in [-0.2, -0.15) is 0 Å². The molecule has 0 aliphatic carbocycles. The highest BCUT2D eigenvalue weighted by Crippen LogP contribution is 2.19. The van der Waals surface area contributed by atoms with E-state index in [1.807, 2.05) is 36.5 Å². The summed E-state index contributed by atoms with van der Waals surface area (Å²) in [5, 5.41) is 12.7. The standard InChI is InChI=1S/C19H25N3O2/c23-14-16-8-10-22(12-15-5-2-1-3-6-15)13-18(16)21-19(24)11-17-7-4-9-20-17/h1-7,9,16,18,20,23H,8,10-14H2,(H,21,24). The molecule has 2 aromatic rings. The number of carbonyl (C=O) groups is 1. The fraction of sp³-hybridized carbons (Fsp3) is 0.421. The molecular weight excluding hydrogens is 302 g/mol. The number of hydrogen-bond donors (Lipinski definition) is 3. The average molecular weight is 327 g/mol. The van der Waals surface area contributed by atoms with Gasteiger partial charge in [0, 0.05) is 43.5 Å².